The van der Waals surface area contributed by atoms with Crippen molar-refractivity contribution in [3.8, 4) is 0 Å². The summed E-state index contributed by atoms with van der Waals surface area (Å²) < 4.78 is 0. The van der Waals surface area contributed by atoms with Crippen LogP contribution in [0.2, 0.25) is 0 Å². The number of rotatable bonds is 25. The molecule has 11 fully saturated rings. The average molecular weight is 2000 g/mol. The normalized spacial score (nSPS) is 30.2. The SMILES string of the molecule is CC1(C)CC(ON2N=C(N(C3CC(C)(C)NC(C)(C)C3)C3CC(C)(C)NC(C)(C)C3)C=C(N(CCCN(C3=CC(N(C4CC(C)(C)NC(C)(C)C4)C4CC(C)(C)NC(C)(C)C4)=NN(OC4CC(C)(C)NC(C)(C)C4)N3)C3CC(C)(C)NC(C)(C)C3)CCCN(C3=CC(N(C4CC(C)(C)NC(C)(C)C4)C4CC(C)(C)NC(C)(C)C4)=NN(OC4CC(C)(C)NC(C)(C)C4)N3)C3CC(C)(C)NC(C)(C)C3)N2)CC(C)(C)N1. The Bertz CT molecular complexity index is 4150. The summed E-state index contributed by atoms with van der Waals surface area (Å²) in [5.74, 6) is 5.90. The summed E-state index contributed by atoms with van der Waals surface area (Å²) in [6.45, 7) is 108. The average Bonchev–Trinajstić information content (AvgIpc) is 0.739. The van der Waals surface area contributed by atoms with Gasteiger partial charge in [-0.2, -0.15) is 0 Å². The first-order chi connectivity index (χ1) is 64.6. The molecule has 0 aromatic rings. The summed E-state index contributed by atoms with van der Waals surface area (Å²) in [4.78, 5) is 39.8. The summed E-state index contributed by atoms with van der Waals surface area (Å²) in [6, 6.07) is 1.08. The van der Waals surface area contributed by atoms with E-state index in [1.165, 1.54) is 0 Å². The van der Waals surface area contributed by atoms with E-state index in [2.05, 4.69) is 427 Å². The van der Waals surface area contributed by atoms with E-state index in [1.54, 1.807) is 0 Å². The zero-order valence-corrected chi connectivity index (χ0v) is 99.5. The van der Waals surface area contributed by atoms with E-state index >= 15 is 0 Å². The summed E-state index contributed by atoms with van der Waals surface area (Å²) >= 11 is 0. The van der Waals surface area contributed by atoms with Gasteiger partial charge in [0, 0.05) is 215 Å². The highest BCUT2D eigenvalue weighted by molar-refractivity contribution is 5.95. The van der Waals surface area contributed by atoms with Crippen LogP contribution in [0.4, 0.5) is 0 Å². The molecule has 0 amide bonds. The maximum absolute atomic E-state index is 7.71. The molecule has 0 saturated carbocycles. The molecule has 143 heavy (non-hydrogen) atoms. The molecule has 0 aliphatic carbocycles. The quantitative estimate of drug-likeness (QED) is 0.0405. The smallest absolute Gasteiger partial charge is 0.157 e. The number of amidine groups is 3. The van der Waals surface area contributed by atoms with E-state index in [-0.39, 0.29) is 189 Å². The van der Waals surface area contributed by atoms with Gasteiger partial charge in [0.1, 0.15) is 17.5 Å². The largest absolute Gasteiger partial charge is 0.357 e. The molecule has 11 saturated heterocycles. The van der Waals surface area contributed by atoms with Gasteiger partial charge in [0.2, 0.25) is 0 Å². The molecule has 0 radical (unpaired) electrons. The van der Waals surface area contributed by atoms with E-state index in [0.29, 0.717) is 13.1 Å². The molecule has 29 heteroatoms. The van der Waals surface area contributed by atoms with Crippen molar-refractivity contribution in [2.24, 2.45) is 15.3 Å². The molecule has 14 heterocycles. The minimum Gasteiger partial charge on any atom is -0.357 e. The second-order valence-electron chi connectivity index (χ2n) is 63.1. The standard InChI is InChI=1S/C114H216N26O3/c1-93(2)54-76(55-94(3,4)121-93)133(88-52-91(119-139(116-88)142-85-72-111(37,38)130-112(39,40)73-85)136(80-62-101(17,18)125-102(19,20)63-80)81-64-103(21,22)126-104(23,24)65-81)49-45-47-132(87-51-90(118-138(115-87)141-84-70-109(33,34)129-110(35,36)71-84)135(78-58-97(9,10)123-98(11,12)59-78)79-60-99(13,14)124-100(15,16)61-79)48-46-50-134(77-56-95(5,6)122-96(7,8)57-77)89-53-92(120-140(117-89)143-86-74-113(41,42)131-114(43,44)75-86)137(82-66-105(25,26)127-106(27,28)67-82)83-68-107(29,30)128-108(31,32)69-83/h51-53,76-86,115-117,121-131H,45-50,54-75H2,1-44H3. The number of hydrazone groups is 3. The lowest BCUT2D eigenvalue weighted by atomic mass is 9.75. The number of piperidine rings is 11. The van der Waals surface area contributed by atoms with Crippen LogP contribution in [0, 0.1) is 0 Å². The van der Waals surface area contributed by atoms with Crippen LogP contribution in [0.5, 0.6) is 0 Å². The van der Waals surface area contributed by atoms with Crippen molar-refractivity contribution in [2.75, 3.05) is 26.2 Å². The van der Waals surface area contributed by atoms with Crippen molar-refractivity contribution >= 4 is 17.5 Å². The minimum absolute atomic E-state index is 0.0940. The van der Waals surface area contributed by atoms with Gasteiger partial charge in [0.15, 0.2) is 17.5 Å². The van der Waals surface area contributed by atoms with E-state index < -0.39 is 0 Å². The molecule has 820 valence electrons. The molecule has 14 aliphatic heterocycles. The molecular weight excluding hydrogens is 1780 g/mol. The fraction of sp³-hybridized carbons (Fsp3) is 0.921. The lowest BCUT2D eigenvalue weighted by molar-refractivity contribution is -0.245. The highest BCUT2D eigenvalue weighted by atomic mass is 16.8. The Kier molecular flexibility index (Phi) is 30.9. The van der Waals surface area contributed by atoms with Gasteiger partial charge in [-0.3, -0.25) is 0 Å². The van der Waals surface area contributed by atoms with Gasteiger partial charge < -0.3 is 87.9 Å². The summed E-state index contributed by atoms with van der Waals surface area (Å²) in [7, 11) is 0. The predicted octanol–water partition coefficient (Wildman–Crippen LogP) is 17.7. The van der Waals surface area contributed by atoms with Crippen LogP contribution in [0.15, 0.2) is 51.0 Å². The fourth-order valence-electron chi connectivity index (χ4n) is 33.5. The number of hydrazine groups is 3. The van der Waals surface area contributed by atoms with Crippen molar-refractivity contribution in [3.63, 3.8) is 0 Å². The fourth-order valence-corrected chi connectivity index (χ4v) is 33.5. The molecule has 0 unspecified atom stereocenters. The van der Waals surface area contributed by atoms with Crippen LogP contribution in [0.1, 0.15) is 459 Å². The van der Waals surface area contributed by atoms with Crippen LogP contribution in [0.3, 0.4) is 0 Å². The topological polar surface area (TPSA) is 262 Å². The van der Waals surface area contributed by atoms with Crippen LogP contribution in [-0.2, 0) is 14.5 Å². The van der Waals surface area contributed by atoms with Crippen LogP contribution in [0.25, 0.3) is 0 Å². The number of hydrogen-bond acceptors (Lipinski definition) is 29. The Morgan fingerprint density at radius 3 is 0.531 bits per heavy atom. The van der Waals surface area contributed by atoms with E-state index in [1.807, 2.05) is 15.8 Å². The second-order valence-corrected chi connectivity index (χ2v) is 63.1. The van der Waals surface area contributed by atoms with Gasteiger partial charge >= 0.3 is 0 Å². The summed E-state index contributed by atoms with van der Waals surface area (Å²) in [5, 5.41) is 68.6. The van der Waals surface area contributed by atoms with E-state index in [0.717, 1.165) is 202 Å². The molecule has 14 aliphatic rings. The maximum atomic E-state index is 7.71. The molecule has 0 atom stereocenters. The molecule has 0 aromatic carbocycles. The second kappa shape index (κ2) is 38.8. The summed E-state index contributed by atoms with van der Waals surface area (Å²) in [6.07, 6.45) is 28.6. The lowest BCUT2D eigenvalue weighted by Gasteiger charge is -2.56. The third-order valence-electron chi connectivity index (χ3n) is 33.2. The third kappa shape index (κ3) is 30.4. The Morgan fingerprint density at radius 1 is 0.210 bits per heavy atom. The first-order valence-electron chi connectivity index (χ1n) is 56.6. The molecule has 14 rings (SSSR count). The highest BCUT2D eigenvalue weighted by Gasteiger charge is 2.56. The first kappa shape index (κ1) is 114. The van der Waals surface area contributed by atoms with Gasteiger partial charge in [0.05, 0.1) is 18.3 Å². The van der Waals surface area contributed by atoms with Crippen molar-refractivity contribution in [2.45, 2.75) is 647 Å². The van der Waals surface area contributed by atoms with E-state index in [4.69, 9.17) is 29.8 Å². The van der Waals surface area contributed by atoms with Gasteiger partial charge in [-0.1, -0.05) is 15.8 Å². The lowest BCUT2D eigenvalue weighted by Crippen LogP contribution is -2.68. The molecule has 0 aromatic heterocycles. The Labute approximate surface area is 871 Å². The van der Waals surface area contributed by atoms with Gasteiger partial charge in [-0.05, 0) is 459 Å². The molecular formula is C114H216N26O3. The zero-order chi connectivity index (χ0) is 106. The van der Waals surface area contributed by atoms with Crippen LogP contribution in [-0.4, -0.2) is 277 Å². The van der Waals surface area contributed by atoms with Crippen LogP contribution >= 0.6 is 0 Å². The number of nitrogens with zero attached hydrogens (tertiary/aromatic N) is 12. The predicted molar refractivity (Wildman–Crippen MR) is 592 cm³/mol. The highest BCUT2D eigenvalue weighted by Crippen LogP contribution is 2.48. The molecule has 29 nitrogen and oxygen atoms in total. The summed E-state index contributed by atoms with van der Waals surface area (Å²) in [5.41, 5.74) is 8.45. The third-order valence-corrected chi connectivity index (χ3v) is 33.2. The molecule has 0 bridgehead atoms. The Balaban J connectivity index is 0.949. The van der Waals surface area contributed by atoms with E-state index in [9.17, 15) is 0 Å². The van der Waals surface area contributed by atoms with Gasteiger partial charge in [-0.15, -0.1) is 15.3 Å². The monoisotopic (exact) mass is 2000 g/mol. The number of hydrogen-bond donors (Lipinski definition) is 14. The van der Waals surface area contributed by atoms with Crippen molar-refractivity contribution in [3.05, 3.63) is 35.7 Å². The Morgan fingerprint density at radius 2 is 0.357 bits per heavy atom. The van der Waals surface area contributed by atoms with Gasteiger partial charge in [0.25, 0.3) is 0 Å². The molecule has 14 N–H and O–H groups in total. The number of nitrogens with one attached hydrogen (secondary N) is 14. The maximum Gasteiger partial charge on any atom is 0.157 e. The minimum atomic E-state index is -0.209. The van der Waals surface area contributed by atoms with Crippen molar-refractivity contribution < 1.29 is 14.5 Å². The Hall–Kier alpha value is -4.73. The van der Waals surface area contributed by atoms with Crippen molar-refractivity contribution in [1.82, 2.24) is 120 Å². The first-order valence-corrected chi connectivity index (χ1v) is 56.6. The molecule has 0 spiro atoms. The van der Waals surface area contributed by atoms with Crippen LogP contribution < -0.4 is 74.8 Å². The van der Waals surface area contributed by atoms with Crippen molar-refractivity contribution in [1.29, 1.82) is 0 Å². The van der Waals surface area contributed by atoms with Gasteiger partial charge in [-0.25, -0.2) is 30.8 Å². The zero-order valence-electron chi connectivity index (χ0n) is 99.5.